The van der Waals surface area contributed by atoms with Gasteiger partial charge in [-0.15, -0.1) is 11.8 Å². The third-order valence-electron chi connectivity index (χ3n) is 2.17. The molecule has 2 heteroatoms. The predicted molar refractivity (Wildman–Crippen MR) is 56.3 cm³/mol. The lowest BCUT2D eigenvalue weighted by atomic mass is 10.2. The van der Waals surface area contributed by atoms with Gasteiger partial charge in [-0.1, -0.05) is 17.7 Å². The van der Waals surface area contributed by atoms with E-state index in [-0.39, 0.29) is 5.60 Å². The lowest BCUT2D eigenvalue weighted by Crippen LogP contribution is -2.07. The summed E-state index contributed by atoms with van der Waals surface area (Å²) in [5.74, 6) is 1.07. The molecule has 1 heterocycles. The van der Waals surface area contributed by atoms with Crippen LogP contribution in [-0.4, -0.2) is 18.0 Å². The molecular weight excluding hydrogens is 180 g/mol. The summed E-state index contributed by atoms with van der Waals surface area (Å²) in [6.45, 7) is 5.21. The summed E-state index contributed by atoms with van der Waals surface area (Å²) in [5, 5.41) is 0. The van der Waals surface area contributed by atoms with Crippen LogP contribution in [0.4, 0.5) is 0 Å². The SMILES string of the molecule is Cc1cccc(SCC2(C)CO2)c1. The standard InChI is InChI=1S/C11H14OS/c1-9-4-3-5-10(6-9)13-8-11(2)7-12-11/h3-6H,7-8H2,1-2H3. The predicted octanol–water partition coefficient (Wildman–Crippen LogP) is 2.88. The monoisotopic (exact) mass is 194 g/mol. The van der Waals surface area contributed by atoms with E-state index < -0.39 is 0 Å². The fraction of sp³-hybridized carbons (Fsp3) is 0.455. The average Bonchev–Trinajstić information content (AvgIpc) is 2.82. The van der Waals surface area contributed by atoms with Crippen molar-refractivity contribution >= 4 is 11.8 Å². The Hall–Kier alpha value is -0.470. The molecule has 1 unspecified atom stereocenters. The molecule has 0 aliphatic carbocycles. The molecule has 0 aromatic heterocycles. The second kappa shape index (κ2) is 3.35. The Balaban J connectivity index is 1.94. The molecular formula is C11H14OS. The second-order valence-corrected chi connectivity index (χ2v) is 4.89. The molecule has 1 aliphatic heterocycles. The fourth-order valence-corrected chi connectivity index (χ4v) is 2.23. The van der Waals surface area contributed by atoms with E-state index in [0.717, 1.165) is 12.4 Å². The molecule has 0 saturated carbocycles. The number of hydrogen-bond acceptors (Lipinski definition) is 2. The molecule has 1 nitrogen and oxygen atoms in total. The molecule has 0 bridgehead atoms. The maximum Gasteiger partial charge on any atom is 0.0981 e. The topological polar surface area (TPSA) is 12.5 Å². The molecule has 1 fully saturated rings. The maximum atomic E-state index is 5.33. The van der Waals surface area contributed by atoms with Gasteiger partial charge in [0, 0.05) is 10.6 Å². The quantitative estimate of drug-likeness (QED) is 0.542. The minimum Gasteiger partial charge on any atom is -0.369 e. The van der Waals surface area contributed by atoms with Crippen molar-refractivity contribution in [1.29, 1.82) is 0 Å². The van der Waals surface area contributed by atoms with Crippen LogP contribution in [0.25, 0.3) is 0 Å². The van der Waals surface area contributed by atoms with Crippen LogP contribution in [0.1, 0.15) is 12.5 Å². The van der Waals surface area contributed by atoms with Gasteiger partial charge in [0.15, 0.2) is 0 Å². The van der Waals surface area contributed by atoms with Gasteiger partial charge in [-0.25, -0.2) is 0 Å². The Morgan fingerprint density at radius 2 is 2.31 bits per heavy atom. The molecule has 1 aromatic rings. The van der Waals surface area contributed by atoms with Gasteiger partial charge in [-0.2, -0.15) is 0 Å². The van der Waals surface area contributed by atoms with Crippen LogP contribution in [0.3, 0.4) is 0 Å². The molecule has 2 rings (SSSR count). The number of benzene rings is 1. The summed E-state index contributed by atoms with van der Waals surface area (Å²) in [6.07, 6.45) is 0. The zero-order chi connectivity index (χ0) is 9.31. The average molecular weight is 194 g/mol. The van der Waals surface area contributed by atoms with Crippen LogP contribution in [0.15, 0.2) is 29.2 Å². The zero-order valence-corrected chi connectivity index (χ0v) is 8.86. The molecule has 13 heavy (non-hydrogen) atoms. The smallest absolute Gasteiger partial charge is 0.0981 e. The van der Waals surface area contributed by atoms with Crippen molar-refractivity contribution in [2.45, 2.75) is 24.3 Å². The Labute approximate surface area is 83.5 Å². The number of rotatable bonds is 3. The van der Waals surface area contributed by atoms with Crippen LogP contribution >= 0.6 is 11.8 Å². The Kier molecular flexibility index (Phi) is 2.35. The summed E-state index contributed by atoms with van der Waals surface area (Å²) in [6, 6.07) is 8.60. The highest BCUT2D eigenvalue weighted by Crippen LogP contribution is 2.33. The highest BCUT2D eigenvalue weighted by Gasteiger charge is 2.38. The molecule has 1 aromatic carbocycles. The minimum absolute atomic E-state index is 0.161. The normalized spacial score (nSPS) is 26.0. The Morgan fingerprint density at radius 1 is 1.54 bits per heavy atom. The number of aryl methyl sites for hydroxylation is 1. The van der Waals surface area contributed by atoms with Crippen LogP contribution < -0.4 is 0 Å². The minimum atomic E-state index is 0.161. The third-order valence-corrected chi connectivity index (χ3v) is 3.51. The van der Waals surface area contributed by atoms with E-state index in [1.165, 1.54) is 10.5 Å². The molecule has 0 amide bonds. The van der Waals surface area contributed by atoms with E-state index in [4.69, 9.17) is 4.74 Å². The molecule has 0 spiro atoms. The highest BCUT2D eigenvalue weighted by atomic mass is 32.2. The van der Waals surface area contributed by atoms with E-state index in [9.17, 15) is 0 Å². The van der Waals surface area contributed by atoms with E-state index >= 15 is 0 Å². The Morgan fingerprint density at radius 3 is 2.92 bits per heavy atom. The number of ether oxygens (including phenoxy) is 1. The molecule has 70 valence electrons. The molecule has 0 radical (unpaired) electrons. The van der Waals surface area contributed by atoms with Crippen molar-refractivity contribution in [2.75, 3.05) is 12.4 Å². The highest BCUT2D eigenvalue weighted by molar-refractivity contribution is 7.99. The van der Waals surface area contributed by atoms with Crippen LogP contribution in [0.2, 0.25) is 0 Å². The van der Waals surface area contributed by atoms with E-state index in [2.05, 4.69) is 38.1 Å². The van der Waals surface area contributed by atoms with Crippen molar-refractivity contribution in [3.05, 3.63) is 29.8 Å². The van der Waals surface area contributed by atoms with Gasteiger partial charge in [0.05, 0.1) is 12.2 Å². The van der Waals surface area contributed by atoms with Crippen LogP contribution in [0.5, 0.6) is 0 Å². The van der Waals surface area contributed by atoms with Gasteiger partial charge in [-0.05, 0) is 26.0 Å². The van der Waals surface area contributed by atoms with Gasteiger partial charge in [0.2, 0.25) is 0 Å². The van der Waals surface area contributed by atoms with Crippen molar-refractivity contribution in [3.8, 4) is 0 Å². The summed E-state index contributed by atoms with van der Waals surface area (Å²) in [5.41, 5.74) is 1.49. The van der Waals surface area contributed by atoms with Crippen LogP contribution in [-0.2, 0) is 4.74 Å². The maximum absolute atomic E-state index is 5.33. The first kappa shape index (κ1) is 9.10. The third kappa shape index (κ3) is 2.48. The van der Waals surface area contributed by atoms with Crippen molar-refractivity contribution in [1.82, 2.24) is 0 Å². The van der Waals surface area contributed by atoms with Gasteiger partial charge >= 0.3 is 0 Å². The Bertz CT molecular complexity index is 305. The first-order valence-electron chi connectivity index (χ1n) is 4.51. The molecule has 1 aliphatic rings. The van der Waals surface area contributed by atoms with E-state index in [1.807, 2.05) is 11.8 Å². The summed E-state index contributed by atoms with van der Waals surface area (Å²) in [7, 11) is 0. The largest absolute Gasteiger partial charge is 0.369 e. The lowest BCUT2D eigenvalue weighted by Gasteiger charge is -2.04. The van der Waals surface area contributed by atoms with E-state index in [0.29, 0.717) is 0 Å². The van der Waals surface area contributed by atoms with E-state index in [1.54, 1.807) is 0 Å². The van der Waals surface area contributed by atoms with Crippen LogP contribution in [0, 0.1) is 6.92 Å². The van der Waals surface area contributed by atoms with Crippen molar-refractivity contribution < 1.29 is 4.74 Å². The lowest BCUT2D eigenvalue weighted by molar-refractivity contribution is 0.348. The summed E-state index contributed by atoms with van der Waals surface area (Å²) < 4.78 is 5.33. The number of hydrogen-bond donors (Lipinski definition) is 0. The first-order valence-corrected chi connectivity index (χ1v) is 5.50. The zero-order valence-electron chi connectivity index (χ0n) is 8.04. The summed E-state index contributed by atoms with van der Waals surface area (Å²) in [4.78, 5) is 1.34. The fourth-order valence-electron chi connectivity index (χ4n) is 1.15. The molecule has 1 saturated heterocycles. The molecule has 0 N–H and O–H groups in total. The van der Waals surface area contributed by atoms with Gasteiger partial charge in [0.25, 0.3) is 0 Å². The van der Waals surface area contributed by atoms with Gasteiger partial charge in [-0.3, -0.25) is 0 Å². The summed E-state index contributed by atoms with van der Waals surface area (Å²) >= 11 is 1.88. The van der Waals surface area contributed by atoms with Crippen molar-refractivity contribution in [3.63, 3.8) is 0 Å². The second-order valence-electron chi connectivity index (χ2n) is 3.84. The first-order chi connectivity index (χ1) is 6.18. The van der Waals surface area contributed by atoms with Crippen molar-refractivity contribution in [2.24, 2.45) is 0 Å². The van der Waals surface area contributed by atoms with Gasteiger partial charge < -0.3 is 4.74 Å². The number of thioether (sulfide) groups is 1. The number of epoxide rings is 1. The molecule has 1 atom stereocenters. The van der Waals surface area contributed by atoms with Gasteiger partial charge in [0.1, 0.15) is 0 Å².